The average molecular weight is 271 g/mol. The maximum atomic E-state index is 4.82. The third-order valence-corrected chi connectivity index (χ3v) is 4.09. The molecule has 1 unspecified atom stereocenters. The van der Waals surface area contributed by atoms with Gasteiger partial charge < -0.3 is 10.2 Å². The SMILES string of the molecule is CNCc1cc(N(C)C(C)C(C)C)nc2ccccc12. The van der Waals surface area contributed by atoms with Crippen molar-refractivity contribution in [2.24, 2.45) is 5.92 Å². The lowest BCUT2D eigenvalue weighted by atomic mass is 10.0. The fourth-order valence-electron chi connectivity index (χ4n) is 2.41. The van der Waals surface area contributed by atoms with Crippen LogP contribution in [0.1, 0.15) is 26.3 Å². The molecule has 1 aromatic carbocycles. The van der Waals surface area contributed by atoms with Gasteiger partial charge in [0, 0.05) is 25.0 Å². The highest BCUT2D eigenvalue weighted by Crippen LogP contribution is 2.24. The Morgan fingerprint density at radius 1 is 1.20 bits per heavy atom. The van der Waals surface area contributed by atoms with Gasteiger partial charge in [0.1, 0.15) is 5.82 Å². The summed E-state index contributed by atoms with van der Waals surface area (Å²) in [6, 6.07) is 11.0. The van der Waals surface area contributed by atoms with Crippen LogP contribution in [0.2, 0.25) is 0 Å². The van der Waals surface area contributed by atoms with Crippen LogP contribution in [0, 0.1) is 5.92 Å². The number of aromatic nitrogens is 1. The number of anilines is 1. The Hall–Kier alpha value is -1.61. The second kappa shape index (κ2) is 6.23. The van der Waals surface area contributed by atoms with Crippen molar-refractivity contribution in [3.63, 3.8) is 0 Å². The molecule has 3 nitrogen and oxygen atoms in total. The van der Waals surface area contributed by atoms with E-state index in [4.69, 9.17) is 4.98 Å². The van der Waals surface area contributed by atoms with Gasteiger partial charge in [-0.15, -0.1) is 0 Å². The Morgan fingerprint density at radius 3 is 2.55 bits per heavy atom. The van der Waals surface area contributed by atoms with E-state index in [2.05, 4.69) is 62.3 Å². The van der Waals surface area contributed by atoms with E-state index >= 15 is 0 Å². The minimum atomic E-state index is 0.464. The molecule has 2 rings (SSSR count). The molecule has 1 atom stereocenters. The predicted octanol–water partition coefficient (Wildman–Crippen LogP) is 3.43. The lowest BCUT2D eigenvalue weighted by molar-refractivity contribution is 0.503. The second-order valence-electron chi connectivity index (χ2n) is 5.78. The molecular weight excluding hydrogens is 246 g/mol. The zero-order valence-electron chi connectivity index (χ0n) is 13.1. The molecule has 0 saturated heterocycles. The molecule has 2 aromatic rings. The van der Waals surface area contributed by atoms with E-state index in [0.29, 0.717) is 12.0 Å². The number of nitrogens with one attached hydrogen (secondary N) is 1. The lowest BCUT2D eigenvalue weighted by Crippen LogP contribution is -2.33. The summed E-state index contributed by atoms with van der Waals surface area (Å²) in [5.41, 5.74) is 2.37. The van der Waals surface area contributed by atoms with E-state index in [-0.39, 0.29) is 0 Å². The molecule has 20 heavy (non-hydrogen) atoms. The van der Waals surface area contributed by atoms with Crippen LogP contribution < -0.4 is 10.2 Å². The van der Waals surface area contributed by atoms with Crippen molar-refractivity contribution in [1.82, 2.24) is 10.3 Å². The Balaban J connectivity index is 2.49. The molecule has 0 aliphatic heterocycles. The van der Waals surface area contributed by atoms with Crippen molar-refractivity contribution in [1.29, 1.82) is 0 Å². The van der Waals surface area contributed by atoms with Crippen LogP contribution in [0.25, 0.3) is 10.9 Å². The topological polar surface area (TPSA) is 28.2 Å². The molecule has 1 aromatic heterocycles. The van der Waals surface area contributed by atoms with Crippen molar-refractivity contribution >= 4 is 16.7 Å². The molecule has 0 radical (unpaired) electrons. The van der Waals surface area contributed by atoms with Crippen molar-refractivity contribution in [2.45, 2.75) is 33.4 Å². The van der Waals surface area contributed by atoms with E-state index in [1.165, 1.54) is 10.9 Å². The van der Waals surface area contributed by atoms with Gasteiger partial charge in [-0.05, 0) is 37.6 Å². The highest BCUT2D eigenvalue weighted by Gasteiger charge is 2.16. The predicted molar refractivity (Wildman–Crippen MR) is 87.2 cm³/mol. The van der Waals surface area contributed by atoms with Crippen LogP contribution in [0.3, 0.4) is 0 Å². The van der Waals surface area contributed by atoms with Gasteiger partial charge in [0.15, 0.2) is 0 Å². The van der Waals surface area contributed by atoms with Gasteiger partial charge in [0.25, 0.3) is 0 Å². The summed E-state index contributed by atoms with van der Waals surface area (Å²) < 4.78 is 0. The molecule has 0 bridgehead atoms. The highest BCUT2D eigenvalue weighted by molar-refractivity contribution is 5.84. The van der Waals surface area contributed by atoms with Crippen LogP contribution in [-0.4, -0.2) is 25.1 Å². The molecule has 108 valence electrons. The average Bonchev–Trinajstić information content (AvgIpc) is 2.45. The first kappa shape index (κ1) is 14.8. The maximum absolute atomic E-state index is 4.82. The number of rotatable bonds is 5. The van der Waals surface area contributed by atoms with E-state index in [9.17, 15) is 0 Å². The van der Waals surface area contributed by atoms with Crippen LogP contribution in [0.15, 0.2) is 30.3 Å². The van der Waals surface area contributed by atoms with E-state index in [1.807, 2.05) is 13.1 Å². The monoisotopic (exact) mass is 271 g/mol. The second-order valence-corrected chi connectivity index (χ2v) is 5.78. The fraction of sp³-hybridized carbons (Fsp3) is 0.471. The first-order valence-corrected chi connectivity index (χ1v) is 7.30. The zero-order chi connectivity index (χ0) is 14.7. The van der Waals surface area contributed by atoms with E-state index in [1.54, 1.807) is 0 Å². The van der Waals surface area contributed by atoms with Crippen molar-refractivity contribution in [3.05, 3.63) is 35.9 Å². The lowest BCUT2D eigenvalue weighted by Gasteiger charge is -2.29. The van der Waals surface area contributed by atoms with Gasteiger partial charge in [0.05, 0.1) is 5.52 Å². The smallest absolute Gasteiger partial charge is 0.129 e. The Morgan fingerprint density at radius 2 is 1.90 bits per heavy atom. The van der Waals surface area contributed by atoms with Crippen LogP contribution in [-0.2, 0) is 6.54 Å². The highest BCUT2D eigenvalue weighted by atomic mass is 15.2. The van der Waals surface area contributed by atoms with Crippen LogP contribution in [0.4, 0.5) is 5.82 Å². The molecule has 3 heteroatoms. The molecule has 0 spiro atoms. The largest absolute Gasteiger partial charge is 0.357 e. The van der Waals surface area contributed by atoms with Gasteiger partial charge in [-0.3, -0.25) is 0 Å². The summed E-state index contributed by atoms with van der Waals surface area (Å²) in [7, 11) is 4.11. The number of benzene rings is 1. The summed E-state index contributed by atoms with van der Waals surface area (Å²) >= 11 is 0. The van der Waals surface area contributed by atoms with Crippen LogP contribution in [0.5, 0.6) is 0 Å². The van der Waals surface area contributed by atoms with Crippen molar-refractivity contribution < 1.29 is 0 Å². The maximum Gasteiger partial charge on any atom is 0.129 e. The number of hydrogen-bond donors (Lipinski definition) is 1. The standard InChI is InChI=1S/C17H25N3/c1-12(2)13(3)20(5)17-10-14(11-18-4)15-8-6-7-9-16(15)19-17/h6-10,12-13,18H,11H2,1-5H3. The summed E-state index contributed by atoms with van der Waals surface area (Å²) in [6.07, 6.45) is 0. The first-order valence-electron chi connectivity index (χ1n) is 7.30. The Labute approximate surface area is 122 Å². The van der Waals surface area contributed by atoms with Gasteiger partial charge in [-0.2, -0.15) is 0 Å². The third kappa shape index (κ3) is 2.93. The Kier molecular flexibility index (Phi) is 4.61. The van der Waals surface area contributed by atoms with Crippen LogP contribution >= 0.6 is 0 Å². The number of nitrogens with zero attached hydrogens (tertiary/aromatic N) is 2. The molecule has 0 amide bonds. The summed E-state index contributed by atoms with van der Waals surface area (Å²) in [5.74, 6) is 1.65. The molecule has 1 heterocycles. The number of para-hydroxylation sites is 1. The van der Waals surface area contributed by atoms with Gasteiger partial charge in [0.2, 0.25) is 0 Å². The van der Waals surface area contributed by atoms with Crippen molar-refractivity contribution in [3.8, 4) is 0 Å². The van der Waals surface area contributed by atoms with Gasteiger partial charge in [-0.25, -0.2) is 4.98 Å². The van der Waals surface area contributed by atoms with Gasteiger partial charge in [-0.1, -0.05) is 32.0 Å². The first-order chi connectivity index (χ1) is 9.54. The summed E-state index contributed by atoms with van der Waals surface area (Å²) in [4.78, 5) is 7.09. The Bertz CT molecular complexity index is 577. The molecule has 0 aliphatic rings. The zero-order valence-corrected chi connectivity index (χ0v) is 13.1. The van der Waals surface area contributed by atoms with E-state index < -0.39 is 0 Å². The van der Waals surface area contributed by atoms with E-state index in [0.717, 1.165) is 17.9 Å². The molecule has 0 saturated carbocycles. The fourth-order valence-corrected chi connectivity index (χ4v) is 2.41. The quantitative estimate of drug-likeness (QED) is 0.903. The third-order valence-electron chi connectivity index (χ3n) is 4.09. The number of hydrogen-bond acceptors (Lipinski definition) is 3. The number of fused-ring (bicyclic) bond motifs is 1. The van der Waals surface area contributed by atoms with Crippen molar-refractivity contribution in [2.75, 3.05) is 19.0 Å². The molecular formula is C17H25N3. The molecule has 0 fully saturated rings. The number of pyridine rings is 1. The normalized spacial score (nSPS) is 12.9. The summed E-state index contributed by atoms with van der Waals surface area (Å²) in [6.45, 7) is 7.60. The molecule has 1 N–H and O–H groups in total. The van der Waals surface area contributed by atoms with Gasteiger partial charge >= 0.3 is 0 Å². The minimum Gasteiger partial charge on any atom is -0.357 e. The summed E-state index contributed by atoms with van der Waals surface area (Å²) in [5, 5.41) is 4.48. The minimum absolute atomic E-state index is 0.464. The molecule has 0 aliphatic carbocycles.